The lowest BCUT2D eigenvalue weighted by molar-refractivity contribution is -0.121. The highest BCUT2D eigenvalue weighted by Gasteiger charge is 2.22. The molecule has 1 aliphatic carbocycles. The van der Waals surface area contributed by atoms with Crippen molar-refractivity contribution >= 4 is 11.8 Å². The van der Waals surface area contributed by atoms with E-state index in [1.807, 2.05) is 0 Å². The van der Waals surface area contributed by atoms with Crippen LogP contribution in [0.4, 0.5) is 4.39 Å². The predicted molar refractivity (Wildman–Crippen MR) is 66.9 cm³/mol. The summed E-state index contributed by atoms with van der Waals surface area (Å²) in [6.07, 6.45) is 3.06. The van der Waals surface area contributed by atoms with E-state index in [-0.39, 0.29) is 11.6 Å². The van der Waals surface area contributed by atoms with Gasteiger partial charge in [0, 0.05) is 19.0 Å². The summed E-state index contributed by atoms with van der Waals surface area (Å²) in [6.45, 7) is 0.370. The zero-order valence-corrected chi connectivity index (χ0v) is 10.5. The lowest BCUT2D eigenvalue weighted by Gasteiger charge is -2.05. The van der Waals surface area contributed by atoms with Gasteiger partial charge in [-0.2, -0.15) is 4.39 Å². The van der Waals surface area contributed by atoms with Gasteiger partial charge < -0.3 is 10.6 Å². The highest BCUT2D eigenvalue weighted by Crippen LogP contribution is 2.18. The normalized spacial score (nSPS) is 13.9. The van der Waals surface area contributed by atoms with Gasteiger partial charge in [0.15, 0.2) is 0 Å². The van der Waals surface area contributed by atoms with Crippen LogP contribution in [0.3, 0.4) is 0 Å². The van der Waals surface area contributed by atoms with Crippen molar-refractivity contribution in [3.05, 3.63) is 29.8 Å². The molecule has 1 aromatic heterocycles. The molecule has 0 saturated heterocycles. The summed E-state index contributed by atoms with van der Waals surface area (Å²) in [6, 6.07) is 4.41. The number of hydrogen-bond acceptors (Lipinski definition) is 3. The molecule has 1 fully saturated rings. The van der Waals surface area contributed by atoms with Crippen molar-refractivity contribution in [2.45, 2.75) is 31.7 Å². The molecule has 0 unspecified atom stereocenters. The van der Waals surface area contributed by atoms with Crippen LogP contribution in [0.2, 0.25) is 0 Å². The number of pyridine rings is 1. The van der Waals surface area contributed by atoms with Gasteiger partial charge in [-0.3, -0.25) is 9.59 Å². The number of carbonyl (C=O) groups is 2. The number of hydrogen-bond donors (Lipinski definition) is 2. The molecule has 0 aliphatic heterocycles. The van der Waals surface area contributed by atoms with E-state index in [1.165, 1.54) is 18.2 Å². The van der Waals surface area contributed by atoms with Crippen molar-refractivity contribution in [3.63, 3.8) is 0 Å². The Morgan fingerprint density at radius 1 is 1.37 bits per heavy atom. The Kier molecular flexibility index (Phi) is 4.43. The maximum Gasteiger partial charge on any atom is 0.269 e. The van der Waals surface area contributed by atoms with Crippen LogP contribution in [0.15, 0.2) is 18.2 Å². The predicted octanol–water partition coefficient (Wildman–Crippen LogP) is 1.01. The molecule has 0 bridgehead atoms. The van der Waals surface area contributed by atoms with E-state index in [0.717, 1.165) is 12.8 Å². The summed E-state index contributed by atoms with van der Waals surface area (Å²) in [5, 5.41) is 5.47. The van der Waals surface area contributed by atoms with Crippen LogP contribution in [-0.2, 0) is 4.79 Å². The molecule has 1 heterocycles. The fourth-order valence-electron chi connectivity index (χ4n) is 1.60. The van der Waals surface area contributed by atoms with Crippen LogP contribution in [0.1, 0.15) is 36.2 Å². The first kappa shape index (κ1) is 13.5. The van der Waals surface area contributed by atoms with E-state index in [2.05, 4.69) is 15.6 Å². The first-order chi connectivity index (χ1) is 9.15. The molecule has 2 amide bonds. The second kappa shape index (κ2) is 6.26. The molecule has 6 heteroatoms. The number of nitrogens with one attached hydrogen (secondary N) is 2. The van der Waals surface area contributed by atoms with Crippen LogP contribution in [0, 0.1) is 5.95 Å². The van der Waals surface area contributed by atoms with Crippen molar-refractivity contribution in [1.82, 2.24) is 15.6 Å². The second-order valence-corrected chi connectivity index (χ2v) is 4.55. The Balaban J connectivity index is 1.64. The zero-order chi connectivity index (χ0) is 13.7. The molecule has 0 spiro atoms. The van der Waals surface area contributed by atoms with E-state index < -0.39 is 11.9 Å². The van der Waals surface area contributed by atoms with E-state index in [4.69, 9.17) is 0 Å². The number of rotatable bonds is 6. The molecule has 2 rings (SSSR count). The highest BCUT2D eigenvalue weighted by atomic mass is 19.1. The molecule has 102 valence electrons. The molecule has 0 aromatic carbocycles. The standard InChI is InChI=1S/C13H16FN3O2/c14-11-4-1-3-10(17-11)13(19)15-8-2-5-12(18)16-9-6-7-9/h1,3-4,9H,2,5-8H2,(H,15,19)(H,16,18). The van der Waals surface area contributed by atoms with Crippen molar-refractivity contribution in [3.8, 4) is 0 Å². The Bertz CT molecular complexity index is 475. The molecule has 2 N–H and O–H groups in total. The summed E-state index contributed by atoms with van der Waals surface area (Å²) in [4.78, 5) is 26.4. The van der Waals surface area contributed by atoms with Gasteiger partial charge >= 0.3 is 0 Å². The van der Waals surface area contributed by atoms with Gasteiger partial charge in [0.25, 0.3) is 5.91 Å². The first-order valence-corrected chi connectivity index (χ1v) is 6.35. The van der Waals surface area contributed by atoms with Gasteiger partial charge in [-0.05, 0) is 31.4 Å². The monoisotopic (exact) mass is 265 g/mol. The van der Waals surface area contributed by atoms with Crippen molar-refractivity contribution in [2.24, 2.45) is 0 Å². The average molecular weight is 265 g/mol. The number of amides is 2. The van der Waals surface area contributed by atoms with Crippen LogP contribution in [0.5, 0.6) is 0 Å². The zero-order valence-electron chi connectivity index (χ0n) is 10.5. The second-order valence-electron chi connectivity index (χ2n) is 4.55. The van der Waals surface area contributed by atoms with Crippen molar-refractivity contribution in [2.75, 3.05) is 6.54 Å². The lowest BCUT2D eigenvalue weighted by atomic mass is 10.2. The molecule has 5 nitrogen and oxygen atoms in total. The van der Waals surface area contributed by atoms with Gasteiger partial charge in [0.1, 0.15) is 5.69 Å². The molecule has 1 aliphatic rings. The molecule has 0 radical (unpaired) electrons. The van der Waals surface area contributed by atoms with Crippen molar-refractivity contribution < 1.29 is 14.0 Å². The Morgan fingerprint density at radius 3 is 2.84 bits per heavy atom. The fraction of sp³-hybridized carbons (Fsp3) is 0.462. The van der Waals surface area contributed by atoms with Gasteiger partial charge in [-0.25, -0.2) is 4.98 Å². The number of carbonyl (C=O) groups excluding carboxylic acids is 2. The Labute approximate surface area is 110 Å². The van der Waals surface area contributed by atoms with Gasteiger partial charge in [-0.15, -0.1) is 0 Å². The number of halogens is 1. The minimum atomic E-state index is -0.684. The van der Waals surface area contributed by atoms with E-state index in [0.29, 0.717) is 25.4 Å². The SMILES string of the molecule is O=C(CCCNC(=O)c1cccc(F)n1)NC1CC1. The van der Waals surface area contributed by atoms with Crippen molar-refractivity contribution in [1.29, 1.82) is 0 Å². The maximum absolute atomic E-state index is 12.8. The first-order valence-electron chi connectivity index (χ1n) is 6.35. The fourth-order valence-corrected chi connectivity index (χ4v) is 1.60. The van der Waals surface area contributed by atoms with E-state index in [9.17, 15) is 14.0 Å². The van der Waals surface area contributed by atoms with Gasteiger partial charge in [0.05, 0.1) is 0 Å². The third kappa shape index (κ3) is 4.65. The van der Waals surface area contributed by atoms with Gasteiger partial charge in [-0.1, -0.05) is 6.07 Å². The van der Waals surface area contributed by atoms with Crippen LogP contribution >= 0.6 is 0 Å². The molecule has 0 atom stereocenters. The number of aromatic nitrogens is 1. The third-order valence-corrected chi connectivity index (χ3v) is 2.76. The van der Waals surface area contributed by atoms with Crippen LogP contribution < -0.4 is 10.6 Å². The van der Waals surface area contributed by atoms with E-state index >= 15 is 0 Å². The highest BCUT2D eigenvalue weighted by molar-refractivity contribution is 5.92. The van der Waals surface area contributed by atoms with Crippen LogP contribution in [-0.4, -0.2) is 29.4 Å². The summed E-state index contributed by atoms with van der Waals surface area (Å²) in [5.41, 5.74) is 0.0439. The lowest BCUT2D eigenvalue weighted by Crippen LogP contribution is -2.28. The minimum absolute atomic E-state index is 0.0145. The van der Waals surface area contributed by atoms with Gasteiger partial charge in [0.2, 0.25) is 11.9 Å². The average Bonchev–Trinajstić information content (AvgIpc) is 3.18. The van der Waals surface area contributed by atoms with E-state index in [1.54, 1.807) is 0 Å². The maximum atomic E-state index is 12.8. The third-order valence-electron chi connectivity index (χ3n) is 2.76. The molecule has 1 saturated carbocycles. The minimum Gasteiger partial charge on any atom is -0.353 e. The smallest absolute Gasteiger partial charge is 0.269 e. The Hall–Kier alpha value is -1.98. The topological polar surface area (TPSA) is 71.1 Å². The quantitative estimate of drug-likeness (QED) is 0.595. The molecular formula is C13H16FN3O2. The summed E-state index contributed by atoms with van der Waals surface area (Å²) >= 11 is 0. The summed E-state index contributed by atoms with van der Waals surface area (Å²) in [5.74, 6) is -1.10. The van der Waals surface area contributed by atoms with Crippen LogP contribution in [0.25, 0.3) is 0 Å². The largest absolute Gasteiger partial charge is 0.353 e. The number of nitrogens with zero attached hydrogens (tertiary/aromatic N) is 1. The molecule has 1 aromatic rings. The molecule has 19 heavy (non-hydrogen) atoms. The summed E-state index contributed by atoms with van der Waals surface area (Å²) < 4.78 is 12.8. The molecular weight excluding hydrogens is 249 g/mol. The Morgan fingerprint density at radius 2 is 2.16 bits per heavy atom. The summed E-state index contributed by atoms with van der Waals surface area (Å²) in [7, 11) is 0.